The fourth-order valence-electron chi connectivity index (χ4n) is 7.24. The highest BCUT2D eigenvalue weighted by atomic mass is 16.6. The predicted octanol–water partition coefficient (Wildman–Crippen LogP) is 9.35. The number of hydrogen-bond donors (Lipinski definition) is 1. The number of carboxylic acid groups (broad SMARTS) is 1. The molecule has 1 aliphatic carbocycles. The lowest BCUT2D eigenvalue weighted by atomic mass is 9.79. The summed E-state index contributed by atoms with van der Waals surface area (Å²) in [5, 5.41) is 9.94. The molecule has 5 aromatic carbocycles. The lowest BCUT2D eigenvalue weighted by Crippen LogP contribution is -2.29. The number of nitrogens with zero attached hydrogens (tertiary/aromatic N) is 4. The van der Waals surface area contributed by atoms with Gasteiger partial charge in [-0.2, -0.15) is 0 Å². The standard InChI is InChI=1S/2C25H26N2O2.H2.H/c1-17-6-8-18(9-7-17)25(19-10-12-20(13-11-19)26(2)3)23-15-14-21(27(4)5)16-22(23)24(28)29-25;1-17-6-8-18(9-7-17)24(19-10-12-20(13-11-19)26(2)3)22-15-14-21(27(4)5)16-23(22)25(28)29;;/h2*6-16H,1-5H3;1H;/q;;;-1/p+1. The highest BCUT2D eigenvalue weighted by molar-refractivity contribution is 6.05. The van der Waals surface area contributed by atoms with Gasteiger partial charge in [0.05, 0.1) is 11.1 Å². The van der Waals surface area contributed by atoms with Gasteiger partial charge in [-0.3, -0.25) is 0 Å². The van der Waals surface area contributed by atoms with Gasteiger partial charge in [0.1, 0.15) is 14.1 Å². The maximum absolute atomic E-state index is 13.0. The van der Waals surface area contributed by atoms with Crippen molar-refractivity contribution in [3.05, 3.63) is 189 Å². The summed E-state index contributed by atoms with van der Waals surface area (Å²) < 4.78 is 8.24. The molecule has 1 N–H and O–H groups in total. The molecule has 1 heterocycles. The maximum atomic E-state index is 13.0. The molecule has 0 bridgehead atoms. The summed E-state index contributed by atoms with van der Waals surface area (Å²) in [7, 11) is 15.8. The quantitative estimate of drug-likeness (QED) is 0.124. The van der Waals surface area contributed by atoms with E-state index in [0.717, 1.165) is 61.7 Å². The highest BCUT2D eigenvalue weighted by Crippen LogP contribution is 2.48. The average Bonchev–Trinajstić information content (AvgIpc) is 3.51. The van der Waals surface area contributed by atoms with E-state index < -0.39 is 11.6 Å². The first-order valence-electron chi connectivity index (χ1n) is 19.3. The lowest BCUT2D eigenvalue weighted by molar-refractivity contribution is -0.462. The second-order valence-electron chi connectivity index (χ2n) is 15.6. The zero-order chi connectivity index (χ0) is 41.9. The van der Waals surface area contributed by atoms with E-state index in [4.69, 9.17) is 4.74 Å². The summed E-state index contributed by atoms with van der Waals surface area (Å²) in [6.07, 6.45) is 8.21. The molecule has 0 fully saturated rings. The number of aryl methyl sites for hydroxylation is 2. The van der Waals surface area contributed by atoms with Crippen LogP contribution in [0, 0.1) is 13.8 Å². The van der Waals surface area contributed by atoms with Crippen LogP contribution < -0.4 is 14.7 Å². The summed E-state index contributed by atoms with van der Waals surface area (Å²) in [6, 6.07) is 36.3. The number of cyclic esters (lactones) is 1. The van der Waals surface area contributed by atoms with E-state index in [0.29, 0.717) is 16.7 Å². The topological polar surface area (TPSA) is 76.3 Å². The van der Waals surface area contributed by atoms with Gasteiger partial charge in [-0.15, -0.1) is 0 Å². The monoisotopic (exact) mass is 776 g/mol. The second kappa shape index (κ2) is 16.8. The van der Waals surface area contributed by atoms with Crippen molar-refractivity contribution in [2.75, 3.05) is 71.1 Å². The number of carboxylic acids is 1. The lowest BCUT2D eigenvalue weighted by Gasteiger charge is -2.31. The van der Waals surface area contributed by atoms with Crippen LogP contribution in [0.5, 0.6) is 0 Å². The first kappa shape index (κ1) is 41.0. The van der Waals surface area contributed by atoms with Crippen molar-refractivity contribution in [2.45, 2.75) is 19.4 Å². The van der Waals surface area contributed by atoms with E-state index >= 15 is 0 Å². The fraction of sp³-hybridized carbons (Fsp3) is 0.220. The molecule has 0 spiro atoms. The second-order valence-corrected chi connectivity index (χ2v) is 15.6. The van der Waals surface area contributed by atoms with Crippen LogP contribution in [-0.2, 0) is 10.3 Å². The van der Waals surface area contributed by atoms with Gasteiger partial charge in [0.25, 0.3) is 0 Å². The molecule has 1 aliphatic heterocycles. The largest absolute Gasteiger partial charge is 1.00 e. The summed E-state index contributed by atoms with van der Waals surface area (Å²) in [5.74, 6) is -1.22. The highest BCUT2D eigenvalue weighted by Gasteiger charge is 2.48. The Morgan fingerprint density at radius 1 is 0.638 bits per heavy atom. The number of aromatic carboxylic acids is 1. The number of carbonyl (C=O) groups excluding carboxylic acids is 1. The van der Waals surface area contributed by atoms with E-state index in [2.05, 4.69) is 109 Å². The number of benzene rings is 5. The summed E-state index contributed by atoms with van der Waals surface area (Å²) in [4.78, 5) is 31.1. The van der Waals surface area contributed by atoms with Crippen molar-refractivity contribution in [3.63, 3.8) is 0 Å². The smallest absolute Gasteiger partial charge is 0.340 e. The normalized spacial score (nSPS) is 15.2. The van der Waals surface area contributed by atoms with Gasteiger partial charge in [0, 0.05) is 89.6 Å². The van der Waals surface area contributed by atoms with E-state index in [1.54, 1.807) is 6.07 Å². The molecule has 7 rings (SSSR count). The SMILES string of the molecule is Cc1ccc(C(=C2C=CC(=[N+](C)C)C=C2)c2ccc(N(C)C)cc2C(=O)O)cc1.Cc1ccc(C2(c3ccc(N(C)C)cc3)OC(=O)c3cc(N(C)C)ccc32)cc1.[H-].[HH]. The number of fused-ring (bicyclic) bond motifs is 1. The van der Waals surface area contributed by atoms with Gasteiger partial charge in [0.15, 0.2) is 11.3 Å². The Morgan fingerprint density at radius 2 is 1.12 bits per heavy atom. The van der Waals surface area contributed by atoms with Crippen LogP contribution in [-0.4, -0.2) is 83.7 Å². The number of carbonyl (C=O) groups is 2. The number of allylic oxidation sites excluding steroid dienone is 5. The Labute approximate surface area is 345 Å². The van der Waals surface area contributed by atoms with Crippen molar-refractivity contribution in [1.82, 2.24) is 0 Å². The molecule has 300 valence electrons. The zero-order valence-corrected chi connectivity index (χ0v) is 35.2. The Morgan fingerprint density at radius 3 is 1.64 bits per heavy atom. The minimum Gasteiger partial charge on any atom is -1.00 e. The van der Waals surface area contributed by atoms with Crippen LogP contribution in [0.25, 0.3) is 5.57 Å². The zero-order valence-electron chi connectivity index (χ0n) is 36.2. The molecule has 58 heavy (non-hydrogen) atoms. The molecule has 8 nitrogen and oxygen atoms in total. The molecule has 0 saturated heterocycles. The van der Waals surface area contributed by atoms with Crippen molar-refractivity contribution in [1.29, 1.82) is 0 Å². The average molecular weight is 777 g/mol. The van der Waals surface area contributed by atoms with E-state index in [-0.39, 0.29) is 8.82 Å². The number of anilines is 3. The van der Waals surface area contributed by atoms with Crippen molar-refractivity contribution < 1.29 is 26.9 Å². The minimum atomic E-state index is -0.949. The third-order valence-electron chi connectivity index (χ3n) is 10.6. The van der Waals surface area contributed by atoms with Crippen LogP contribution >= 0.6 is 0 Å². The Kier molecular flexibility index (Phi) is 11.9. The summed E-state index contributed by atoms with van der Waals surface area (Å²) in [5.41, 5.74) is 12.7. The van der Waals surface area contributed by atoms with Gasteiger partial charge >= 0.3 is 11.9 Å². The molecule has 0 saturated carbocycles. The molecule has 5 aromatic rings. The molecular formula is C50H56N4O4. The Hall–Kier alpha value is -6.67. The van der Waals surface area contributed by atoms with E-state index in [9.17, 15) is 14.7 Å². The molecule has 1 atom stereocenters. The van der Waals surface area contributed by atoms with Crippen molar-refractivity contribution in [3.8, 4) is 0 Å². The minimum absolute atomic E-state index is 0. The summed E-state index contributed by atoms with van der Waals surface area (Å²) in [6.45, 7) is 4.10. The van der Waals surface area contributed by atoms with Gasteiger partial charge in [0.2, 0.25) is 0 Å². The third-order valence-corrected chi connectivity index (χ3v) is 10.6. The van der Waals surface area contributed by atoms with Gasteiger partial charge in [-0.1, -0.05) is 83.9 Å². The number of ether oxygens (including phenoxy) is 1. The van der Waals surface area contributed by atoms with Crippen LogP contribution in [0.4, 0.5) is 17.1 Å². The van der Waals surface area contributed by atoms with Gasteiger partial charge in [-0.25, -0.2) is 14.2 Å². The van der Waals surface area contributed by atoms with Crippen LogP contribution in [0.3, 0.4) is 0 Å². The first-order valence-corrected chi connectivity index (χ1v) is 19.3. The third kappa shape index (κ3) is 8.23. The molecule has 0 radical (unpaired) electrons. The molecular weight excluding hydrogens is 721 g/mol. The van der Waals surface area contributed by atoms with Gasteiger partial charge < -0.3 is 26.0 Å². The fourth-order valence-corrected chi connectivity index (χ4v) is 7.24. The van der Waals surface area contributed by atoms with E-state index in [1.807, 2.05) is 108 Å². The van der Waals surface area contributed by atoms with Crippen molar-refractivity contribution >= 4 is 40.3 Å². The van der Waals surface area contributed by atoms with E-state index in [1.165, 1.54) is 5.56 Å². The molecule has 8 heteroatoms. The maximum Gasteiger partial charge on any atom is 0.340 e. The van der Waals surface area contributed by atoms with Crippen LogP contribution in [0.2, 0.25) is 0 Å². The summed E-state index contributed by atoms with van der Waals surface area (Å²) >= 11 is 0. The number of rotatable bonds is 8. The first-order chi connectivity index (χ1) is 27.6. The Bertz CT molecular complexity index is 2460. The molecule has 0 amide bonds. The Balaban J connectivity index is 0.000000256. The van der Waals surface area contributed by atoms with Crippen LogP contribution in [0.15, 0.2) is 139 Å². The molecule has 0 aromatic heterocycles. The van der Waals surface area contributed by atoms with Gasteiger partial charge in [-0.05, 0) is 84.7 Å². The molecule has 1 unspecified atom stereocenters. The molecule has 2 aliphatic rings. The van der Waals surface area contributed by atoms with Crippen LogP contribution in [0.1, 0.15) is 62.5 Å². The number of esters is 1. The number of hydrogen-bond acceptors (Lipinski definition) is 6. The van der Waals surface area contributed by atoms with Crippen molar-refractivity contribution in [2.24, 2.45) is 0 Å². The predicted molar refractivity (Wildman–Crippen MR) is 242 cm³/mol.